The van der Waals surface area contributed by atoms with E-state index in [0.29, 0.717) is 12.1 Å². The van der Waals surface area contributed by atoms with Gasteiger partial charge in [-0.3, -0.25) is 9.59 Å². The molecule has 3 N–H and O–H groups in total. The number of fused-ring (bicyclic) bond motifs is 1. The SMILES string of the molecule is COC(=O)CNS(=O)(=O)c1cccc(NC(=O)CCc2c[nH]c3cc(C)ccc23)c1. The molecule has 1 aromatic heterocycles. The highest BCUT2D eigenvalue weighted by Crippen LogP contribution is 2.21. The smallest absolute Gasteiger partial charge is 0.320 e. The summed E-state index contributed by atoms with van der Waals surface area (Å²) in [5.41, 5.74) is 3.59. The van der Waals surface area contributed by atoms with Crippen LogP contribution in [0.25, 0.3) is 10.9 Å². The maximum Gasteiger partial charge on any atom is 0.320 e. The number of H-pyrrole nitrogens is 1. The van der Waals surface area contributed by atoms with Gasteiger partial charge in [-0.05, 0) is 48.7 Å². The Hall–Kier alpha value is -3.17. The Kier molecular flexibility index (Phi) is 6.53. The molecule has 1 heterocycles. The van der Waals surface area contributed by atoms with Gasteiger partial charge >= 0.3 is 5.97 Å². The second-order valence-corrected chi connectivity index (χ2v) is 8.61. The van der Waals surface area contributed by atoms with E-state index in [1.54, 1.807) is 6.07 Å². The van der Waals surface area contributed by atoms with Gasteiger partial charge in [0.05, 0.1) is 12.0 Å². The average molecular weight is 429 g/mol. The largest absolute Gasteiger partial charge is 0.468 e. The summed E-state index contributed by atoms with van der Waals surface area (Å²) in [6.07, 6.45) is 2.70. The van der Waals surface area contributed by atoms with Crippen LogP contribution in [-0.2, 0) is 30.8 Å². The minimum absolute atomic E-state index is 0.0591. The van der Waals surface area contributed by atoms with E-state index in [9.17, 15) is 18.0 Å². The molecule has 0 bridgehead atoms. The van der Waals surface area contributed by atoms with Crippen LogP contribution in [0.1, 0.15) is 17.5 Å². The molecular formula is C21H23N3O5S. The van der Waals surface area contributed by atoms with Gasteiger partial charge in [-0.25, -0.2) is 8.42 Å². The number of hydrogen-bond donors (Lipinski definition) is 3. The minimum Gasteiger partial charge on any atom is -0.468 e. The summed E-state index contributed by atoms with van der Waals surface area (Å²) in [4.78, 5) is 26.7. The molecule has 158 valence electrons. The molecule has 8 nitrogen and oxygen atoms in total. The zero-order valence-corrected chi connectivity index (χ0v) is 17.5. The first kappa shape index (κ1) is 21.5. The Balaban J connectivity index is 1.62. The van der Waals surface area contributed by atoms with E-state index in [1.165, 1.54) is 25.3 Å². The molecule has 3 rings (SSSR count). The van der Waals surface area contributed by atoms with E-state index in [-0.39, 0.29) is 17.2 Å². The number of hydrogen-bond acceptors (Lipinski definition) is 5. The van der Waals surface area contributed by atoms with Crippen LogP contribution >= 0.6 is 0 Å². The number of amides is 1. The van der Waals surface area contributed by atoms with Gasteiger partial charge in [0.2, 0.25) is 15.9 Å². The number of aryl methyl sites for hydroxylation is 2. The van der Waals surface area contributed by atoms with Gasteiger partial charge in [0.15, 0.2) is 0 Å². The predicted molar refractivity (Wildman–Crippen MR) is 114 cm³/mol. The molecule has 9 heteroatoms. The molecular weight excluding hydrogens is 406 g/mol. The highest BCUT2D eigenvalue weighted by atomic mass is 32.2. The van der Waals surface area contributed by atoms with Crippen molar-refractivity contribution in [1.29, 1.82) is 0 Å². The molecule has 1 amide bonds. The van der Waals surface area contributed by atoms with Crippen molar-refractivity contribution < 1.29 is 22.7 Å². The summed E-state index contributed by atoms with van der Waals surface area (Å²) in [5.74, 6) is -0.927. The van der Waals surface area contributed by atoms with Crippen molar-refractivity contribution in [3.63, 3.8) is 0 Å². The van der Waals surface area contributed by atoms with Crippen LogP contribution in [0.3, 0.4) is 0 Å². The number of aromatic amines is 1. The van der Waals surface area contributed by atoms with Gasteiger partial charge in [-0.1, -0.05) is 18.2 Å². The molecule has 0 aliphatic rings. The van der Waals surface area contributed by atoms with E-state index >= 15 is 0 Å². The van der Waals surface area contributed by atoms with Gasteiger partial charge in [0, 0.05) is 29.2 Å². The molecule has 0 spiro atoms. The molecule has 0 saturated carbocycles. The monoisotopic (exact) mass is 429 g/mol. The zero-order valence-electron chi connectivity index (χ0n) is 16.7. The lowest BCUT2D eigenvalue weighted by Crippen LogP contribution is -2.30. The van der Waals surface area contributed by atoms with Gasteiger partial charge in [0.25, 0.3) is 0 Å². The fraction of sp³-hybridized carbons (Fsp3) is 0.238. The maximum atomic E-state index is 12.4. The average Bonchev–Trinajstić information content (AvgIpc) is 3.12. The van der Waals surface area contributed by atoms with Crippen molar-refractivity contribution in [1.82, 2.24) is 9.71 Å². The quantitative estimate of drug-likeness (QED) is 0.476. The number of rotatable bonds is 8. The van der Waals surface area contributed by atoms with Crippen LogP contribution in [0, 0.1) is 6.92 Å². The highest BCUT2D eigenvalue weighted by Gasteiger charge is 2.16. The number of carbonyl (C=O) groups excluding carboxylic acids is 2. The number of benzene rings is 2. The molecule has 0 radical (unpaired) electrons. The molecule has 30 heavy (non-hydrogen) atoms. The van der Waals surface area contributed by atoms with Crippen LogP contribution in [0.5, 0.6) is 0 Å². The summed E-state index contributed by atoms with van der Waals surface area (Å²) >= 11 is 0. The standard InChI is InChI=1S/C21H23N3O5S/c1-14-6-8-18-15(12-22-19(18)10-14)7-9-20(25)24-16-4-3-5-17(11-16)30(27,28)23-13-21(26)29-2/h3-6,8,10-12,22-23H,7,9,13H2,1-2H3,(H,24,25). The van der Waals surface area contributed by atoms with E-state index in [2.05, 4.69) is 25.8 Å². The Labute approximate surface area is 174 Å². The van der Waals surface area contributed by atoms with Crippen molar-refractivity contribution >= 4 is 38.5 Å². The Morgan fingerprint density at radius 1 is 1.13 bits per heavy atom. The van der Waals surface area contributed by atoms with E-state index < -0.39 is 22.5 Å². The molecule has 0 fully saturated rings. The fourth-order valence-corrected chi connectivity index (χ4v) is 4.04. The molecule has 2 aromatic carbocycles. The third-order valence-corrected chi connectivity index (χ3v) is 6.01. The predicted octanol–water partition coefficient (Wildman–Crippen LogP) is 2.50. The molecule has 0 aliphatic heterocycles. The zero-order chi connectivity index (χ0) is 21.7. The lowest BCUT2D eigenvalue weighted by atomic mass is 10.1. The Morgan fingerprint density at radius 3 is 2.70 bits per heavy atom. The number of anilines is 1. The van der Waals surface area contributed by atoms with Crippen molar-refractivity contribution in [2.24, 2.45) is 0 Å². The van der Waals surface area contributed by atoms with Crippen molar-refractivity contribution in [2.75, 3.05) is 19.0 Å². The summed E-state index contributed by atoms with van der Waals surface area (Å²) in [5, 5.41) is 3.80. The molecule has 3 aromatic rings. The number of nitrogens with one attached hydrogen (secondary N) is 3. The maximum absolute atomic E-state index is 12.4. The van der Waals surface area contributed by atoms with Gasteiger partial charge in [-0.15, -0.1) is 0 Å². The van der Waals surface area contributed by atoms with Crippen LogP contribution in [0.4, 0.5) is 5.69 Å². The summed E-state index contributed by atoms with van der Waals surface area (Å²) in [6.45, 7) is 1.55. The number of esters is 1. The number of methoxy groups -OCH3 is 1. The van der Waals surface area contributed by atoms with Gasteiger partial charge in [0.1, 0.15) is 6.54 Å². The highest BCUT2D eigenvalue weighted by molar-refractivity contribution is 7.89. The number of aromatic nitrogens is 1. The normalized spacial score (nSPS) is 11.4. The number of ether oxygens (including phenoxy) is 1. The first-order valence-electron chi connectivity index (χ1n) is 9.31. The van der Waals surface area contributed by atoms with E-state index in [4.69, 9.17) is 0 Å². The van der Waals surface area contributed by atoms with E-state index in [0.717, 1.165) is 22.0 Å². The molecule has 0 aliphatic carbocycles. The topological polar surface area (TPSA) is 117 Å². The van der Waals surface area contributed by atoms with Crippen LogP contribution in [-0.4, -0.2) is 38.9 Å². The molecule has 0 atom stereocenters. The van der Waals surface area contributed by atoms with Gasteiger partial charge < -0.3 is 15.0 Å². The van der Waals surface area contributed by atoms with Crippen molar-refractivity contribution in [2.45, 2.75) is 24.7 Å². The Bertz CT molecular complexity index is 1180. The fourth-order valence-electron chi connectivity index (χ4n) is 3.03. The third-order valence-electron chi connectivity index (χ3n) is 4.61. The number of sulfonamides is 1. The van der Waals surface area contributed by atoms with Crippen LogP contribution < -0.4 is 10.0 Å². The lowest BCUT2D eigenvalue weighted by molar-refractivity contribution is -0.139. The summed E-state index contributed by atoms with van der Waals surface area (Å²) in [7, 11) is -2.73. The Morgan fingerprint density at radius 2 is 1.93 bits per heavy atom. The van der Waals surface area contributed by atoms with Crippen molar-refractivity contribution in [3.8, 4) is 0 Å². The van der Waals surface area contributed by atoms with Crippen molar-refractivity contribution in [3.05, 3.63) is 59.8 Å². The van der Waals surface area contributed by atoms with Crippen LogP contribution in [0.15, 0.2) is 53.6 Å². The third kappa shape index (κ3) is 5.25. The minimum atomic E-state index is -3.91. The van der Waals surface area contributed by atoms with E-state index in [1.807, 2.05) is 25.3 Å². The lowest BCUT2D eigenvalue weighted by Gasteiger charge is -2.09. The number of carbonyl (C=O) groups is 2. The first-order valence-corrected chi connectivity index (χ1v) is 10.8. The summed E-state index contributed by atoms with van der Waals surface area (Å²) < 4.78 is 31.1. The second-order valence-electron chi connectivity index (χ2n) is 6.84. The first-order chi connectivity index (χ1) is 14.3. The molecule has 0 saturated heterocycles. The van der Waals surface area contributed by atoms with Gasteiger partial charge in [-0.2, -0.15) is 4.72 Å². The summed E-state index contributed by atoms with van der Waals surface area (Å²) in [6, 6.07) is 12.0. The second kappa shape index (κ2) is 9.10. The van der Waals surface area contributed by atoms with Crippen LogP contribution in [0.2, 0.25) is 0 Å². The molecule has 0 unspecified atom stereocenters.